The Morgan fingerprint density at radius 2 is 1.61 bits per heavy atom. The van der Waals surface area contributed by atoms with E-state index in [1.165, 1.54) is 5.56 Å². The number of rotatable bonds is 5. The summed E-state index contributed by atoms with van der Waals surface area (Å²) in [5.41, 5.74) is 4.00. The molecule has 28 heavy (non-hydrogen) atoms. The first-order chi connectivity index (χ1) is 13.4. The van der Waals surface area contributed by atoms with Gasteiger partial charge in [-0.1, -0.05) is 45.0 Å². The Bertz CT molecular complexity index is 943. The van der Waals surface area contributed by atoms with Crippen LogP contribution in [-0.4, -0.2) is 18.0 Å². The molecule has 3 rings (SSSR count). The van der Waals surface area contributed by atoms with Crippen LogP contribution in [0, 0.1) is 0 Å². The van der Waals surface area contributed by atoms with Gasteiger partial charge < -0.3 is 15.4 Å². The van der Waals surface area contributed by atoms with Crippen LogP contribution >= 0.6 is 0 Å². The molecule has 2 N–H and O–H groups in total. The van der Waals surface area contributed by atoms with Crippen molar-refractivity contribution in [3.8, 4) is 5.75 Å². The second-order valence-corrected chi connectivity index (χ2v) is 7.54. The molecule has 1 heterocycles. The summed E-state index contributed by atoms with van der Waals surface area (Å²) in [6.07, 6.45) is 1.63. The summed E-state index contributed by atoms with van der Waals surface area (Å²) in [7, 11) is 1.63. The molecule has 5 heteroatoms. The van der Waals surface area contributed by atoms with Crippen LogP contribution < -0.4 is 15.4 Å². The Kier molecular flexibility index (Phi) is 5.64. The van der Waals surface area contributed by atoms with Crippen LogP contribution in [0.1, 0.15) is 36.8 Å². The average Bonchev–Trinajstić information content (AvgIpc) is 2.68. The van der Waals surface area contributed by atoms with E-state index in [0.717, 1.165) is 22.8 Å². The summed E-state index contributed by atoms with van der Waals surface area (Å²) in [6, 6.07) is 19.0. The van der Waals surface area contributed by atoms with Crippen molar-refractivity contribution in [1.29, 1.82) is 0 Å². The van der Waals surface area contributed by atoms with Gasteiger partial charge in [-0.25, -0.2) is 4.98 Å². The van der Waals surface area contributed by atoms with Gasteiger partial charge in [-0.15, -0.1) is 0 Å². The number of nitrogens with one attached hydrogen (secondary N) is 2. The third-order valence-electron chi connectivity index (χ3n) is 4.39. The number of anilines is 3. The monoisotopic (exact) mass is 375 g/mol. The quantitative estimate of drug-likeness (QED) is 0.628. The highest BCUT2D eigenvalue weighted by atomic mass is 16.5. The number of hydrogen-bond acceptors (Lipinski definition) is 4. The third kappa shape index (κ3) is 4.68. The predicted octanol–water partition coefficient (Wildman–Crippen LogP) is 5.38. The molecule has 0 saturated heterocycles. The number of para-hydroxylation sites is 2. The number of hydrogen-bond donors (Lipinski definition) is 2. The van der Waals surface area contributed by atoms with E-state index in [1.54, 1.807) is 19.4 Å². The van der Waals surface area contributed by atoms with E-state index < -0.39 is 0 Å². The Balaban J connectivity index is 1.67. The fourth-order valence-electron chi connectivity index (χ4n) is 2.75. The molecular weight excluding hydrogens is 350 g/mol. The van der Waals surface area contributed by atoms with Crippen molar-refractivity contribution < 1.29 is 9.53 Å². The van der Waals surface area contributed by atoms with E-state index >= 15 is 0 Å². The Morgan fingerprint density at radius 3 is 2.21 bits per heavy atom. The van der Waals surface area contributed by atoms with Gasteiger partial charge in [-0.2, -0.15) is 0 Å². The SMILES string of the molecule is COc1ccccc1Nc1ccc(C(=O)Nc2ccc(C(C)(C)C)cc2)nc1. The lowest BCUT2D eigenvalue weighted by molar-refractivity contribution is 0.102. The van der Waals surface area contributed by atoms with Gasteiger partial charge in [0.15, 0.2) is 0 Å². The maximum atomic E-state index is 12.5. The summed E-state index contributed by atoms with van der Waals surface area (Å²) < 4.78 is 5.33. The number of ether oxygens (including phenoxy) is 1. The molecule has 0 bridgehead atoms. The standard InChI is InChI=1S/C23H25N3O2/c1-23(2,3)16-9-11-17(12-10-16)26-22(27)20-14-13-18(15-24-20)25-19-7-5-6-8-21(19)28-4/h5-15,25H,1-4H3,(H,26,27). The first kappa shape index (κ1) is 19.4. The molecular formula is C23H25N3O2. The van der Waals surface area contributed by atoms with Gasteiger partial charge in [-0.3, -0.25) is 4.79 Å². The largest absolute Gasteiger partial charge is 0.495 e. The topological polar surface area (TPSA) is 63.2 Å². The van der Waals surface area contributed by atoms with Crippen molar-refractivity contribution in [3.05, 3.63) is 78.1 Å². The number of carbonyl (C=O) groups is 1. The molecule has 0 spiro atoms. The van der Waals surface area contributed by atoms with Crippen LogP contribution in [-0.2, 0) is 5.41 Å². The zero-order valence-electron chi connectivity index (χ0n) is 16.6. The summed E-state index contributed by atoms with van der Waals surface area (Å²) in [5, 5.41) is 6.12. The van der Waals surface area contributed by atoms with Gasteiger partial charge in [0.25, 0.3) is 5.91 Å². The zero-order valence-corrected chi connectivity index (χ0v) is 16.6. The molecule has 0 atom stereocenters. The second kappa shape index (κ2) is 8.13. The third-order valence-corrected chi connectivity index (χ3v) is 4.39. The minimum Gasteiger partial charge on any atom is -0.495 e. The Hall–Kier alpha value is -3.34. The molecule has 0 aliphatic heterocycles. The lowest BCUT2D eigenvalue weighted by atomic mass is 9.87. The molecule has 2 aromatic carbocycles. The molecule has 1 amide bonds. The van der Waals surface area contributed by atoms with Crippen LogP contribution in [0.5, 0.6) is 5.75 Å². The van der Waals surface area contributed by atoms with E-state index in [-0.39, 0.29) is 11.3 Å². The van der Waals surface area contributed by atoms with Crippen molar-refractivity contribution in [2.75, 3.05) is 17.7 Å². The van der Waals surface area contributed by atoms with Crippen LogP contribution in [0.25, 0.3) is 0 Å². The first-order valence-electron chi connectivity index (χ1n) is 9.15. The van der Waals surface area contributed by atoms with Crippen molar-refractivity contribution in [1.82, 2.24) is 4.98 Å². The molecule has 0 unspecified atom stereocenters. The van der Waals surface area contributed by atoms with Crippen LogP contribution in [0.2, 0.25) is 0 Å². The van der Waals surface area contributed by atoms with E-state index in [1.807, 2.05) is 54.6 Å². The van der Waals surface area contributed by atoms with Gasteiger partial charge in [0.05, 0.1) is 24.7 Å². The van der Waals surface area contributed by atoms with Crippen molar-refractivity contribution in [3.63, 3.8) is 0 Å². The molecule has 3 aromatic rings. The number of aromatic nitrogens is 1. The number of benzene rings is 2. The summed E-state index contributed by atoms with van der Waals surface area (Å²) in [4.78, 5) is 16.7. The highest BCUT2D eigenvalue weighted by molar-refractivity contribution is 6.03. The molecule has 0 saturated carbocycles. The van der Waals surface area contributed by atoms with Gasteiger partial charge in [0.2, 0.25) is 0 Å². The van der Waals surface area contributed by atoms with E-state index in [4.69, 9.17) is 4.74 Å². The van der Waals surface area contributed by atoms with Crippen LogP contribution in [0.3, 0.4) is 0 Å². The molecule has 0 aliphatic carbocycles. The lowest BCUT2D eigenvalue weighted by Crippen LogP contribution is -2.14. The van der Waals surface area contributed by atoms with Crippen LogP contribution in [0.4, 0.5) is 17.1 Å². The van der Waals surface area contributed by atoms with Crippen LogP contribution in [0.15, 0.2) is 66.9 Å². The smallest absolute Gasteiger partial charge is 0.274 e. The van der Waals surface area contributed by atoms with Gasteiger partial charge in [0.1, 0.15) is 11.4 Å². The van der Waals surface area contributed by atoms with Gasteiger partial charge in [-0.05, 0) is 47.4 Å². The molecule has 0 radical (unpaired) electrons. The molecule has 1 aromatic heterocycles. The zero-order chi connectivity index (χ0) is 20.1. The normalized spacial score (nSPS) is 11.0. The first-order valence-corrected chi connectivity index (χ1v) is 9.15. The summed E-state index contributed by atoms with van der Waals surface area (Å²) in [5.74, 6) is 0.496. The van der Waals surface area contributed by atoms with E-state index in [9.17, 15) is 4.79 Å². The van der Waals surface area contributed by atoms with Gasteiger partial charge >= 0.3 is 0 Å². The number of pyridine rings is 1. The minimum absolute atomic E-state index is 0.0777. The number of carbonyl (C=O) groups excluding carboxylic acids is 1. The molecule has 0 fully saturated rings. The average molecular weight is 375 g/mol. The second-order valence-electron chi connectivity index (χ2n) is 7.54. The number of methoxy groups -OCH3 is 1. The Morgan fingerprint density at radius 1 is 0.929 bits per heavy atom. The minimum atomic E-state index is -0.243. The summed E-state index contributed by atoms with van der Waals surface area (Å²) >= 11 is 0. The number of amides is 1. The maximum Gasteiger partial charge on any atom is 0.274 e. The summed E-state index contributed by atoms with van der Waals surface area (Å²) in [6.45, 7) is 6.47. The lowest BCUT2D eigenvalue weighted by Gasteiger charge is -2.19. The Labute approximate surface area is 165 Å². The van der Waals surface area contributed by atoms with Gasteiger partial charge in [0, 0.05) is 5.69 Å². The van der Waals surface area contributed by atoms with E-state index in [0.29, 0.717) is 5.69 Å². The highest BCUT2D eigenvalue weighted by Crippen LogP contribution is 2.27. The predicted molar refractivity (Wildman–Crippen MR) is 114 cm³/mol. The van der Waals surface area contributed by atoms with Crippen molar-refractivity contribution in [2.24, 2.45) is 0 Å². The molecule has 144 valence electrons. The molecule has 0 aliphatic rings. The fraction of sp³-hybridized carbons (Fsp3) is 0.217. The number of nitrogens with zero attached hydrogens (tertiary/aromatic N) is 1. The fourth-order valence-corrected chi connectivity index (χ4v) is 2.75. The highest BCUT2D eigenvalue weighted by Gasteiger charge is 2.14. The maximum absolute atomic E-state index is 12.5. The van der Waals surface area contributed by atoms with Crippen molar-refractivity contribution >= 4 is 23.0 Å². The van der Waals surface area contributed by atoms with Crippen molar-refractivity contribution in [2.45, 2.75) is 26.2 Å². The molecule has 5 nitrogen and oxygen atoms in total. The van der Waals surface area contributed by atoms with E-state index in [2.05, 4.69) is 36.4 Å².